The summed E-state index contributed by atoms with van der Waals surface area (Å²) in [4.78, 5) is 12.5. The molecule has 0 aliphatic rings. The minimum absolute atomic E-state index is 0.165. The molecule has 160 valence electrons. The molecule has 0 aliphatic heterocycles. The SMILES string of the molecule is N#Cc1ccc(OCc2ccc(C(=O)Nc3cccc(OCCn4cccn4)c3)o2)cc1. The maximum absolute atomic E-state index is 12.5. The fourth-order valence-corrected chi connectivity index (χ4v) is 2.90. The summed E-state index contributed by atoms with van der Waals surface area (Å²) >= 11 is 0. The Morgan fingerprint density at radius 2 is 1.94 bits per heavy atom. The molecule has 4 aromatic rings. The van der Waals surface area contributed by atoms with E-state index in [9.17, 15) is 4.79 Å². The molecule has 0 aliphatic carbocycles. The Bertz CT molecular complexity index is 1210. The second kappa shape index (κ2) is 10.00. The average Bonchev–Trinajstić information content (AvgIpc) is 3.51. The summed E-state index contributed by atoms with van der Waals surface area (Å²) < 4.78 is 18.7. The lowest BCUT2D eigenvalue weighted by molar-refractivity contribution is 0.0992. The van der Waals surface area contributed by atoms with E-state index in [-0.39, 0.29) is 18.3 Å². The van der Waals surface area contributed by atoms with Crippen LogP contribution in [0.15, 0.2) is 83.5 Å². The molecular weight excluding hydrogens is 408 g/mol. The number of rotatable bonds is 9. The fourth-order valence-electron chi connectivity index (χ4n) is 2.90. The number of hydrogen-bond acceptors (Lipinski definition) is 6. The van der Waals surface area contributed by atoms with Crippen LogP contribution in [0.2, 0.25) is 0 Å². The van der Waals surface area contributed by atoms with Gasteiger partial charge in [-0.05, 0) is 54.6 Å². The van der Waals surface area contributed by atoms with E-state index in [1.165, 1.54) is 0 Å². The van der Waals surface area contributed by atoms with E-state index < -0.39 is 0 Å². The van der Waals surface area contributed by atoms with E-state index in [1.54, 1.807) is 65.5 Å². The minimum atomic E-state index is -0.372. The number of benzene rings is 2. The predicted molar refractivity (Wildman–Crippen MR) is 116 cm³/mol. The van der Waals surface area contributed by atoms with Gasteiger partial charge in [-0.25, -0.2) is 0 Å². The summed E-state index contributed by atoms with van der Waals surface area (Å²) in [6.45, 7) is 1.25. The number of aromatic nitrogens is 2. The van der Waals surface area contributed by atoms with Crippen molar-refractivity contribution in [1.82, 2.24) is 9.78 Å². The van der Waals surface area contributed by atoms with Crippen molar-refractivity contribution in [3.63, 3.8) is 0 Å². The van der Waals surface area contributed by atoms with Gasteiger partial charge in [0, 0.05) is 24.1 Å². The number of furan rings is 1. The van der Waals surface area contributed by atoms with Gasteiger partial charge in [-0.15, -0.1) is 0 Å². The molecule has 2 aromatic heterocycles. The Morgan fingerprint density at radius 3 is 2.72 bits per heavy atom. The summed E-state index contributed by atoms with van der Waals surface area (Å²) in [5.41, 5.74) is 1.15. The molecule has 0 unspecified atom stereocenters. The van der Waals surface area contributed by atoms with Gasteiger partial charge < -0.3 is 19.2 Å². The minimum Gasteiger partial charge on any atom is -0.492 e. The first-order valence-electron chi connectivity index (χ1n) is 9.93. The van der Waals surface area contributed by atoms with Crippen LogP contribution in [-0.2, 0) is 13.2 Å². The van der Waals surface area contributed by atoms with Gasteiger partial charge >= 0.3 is 0 Å². The smallest absolute Gasteiger partial charge is 0.291 e. The number of nitrogens with one attached hydrogen (secondary N) is 1. The molecule has 0 atom stereocenters. The highest BCUT2D eigenvalue weighted by Crippen LogP contribution is 2.20. The maximum atomic E-state index is 12.5. The van der Waals surface area contributed by atoms with Crippen LogP contribution >= 0.6 is 0 Å². The molecule has 0 saturated carbocycles. The van der Waals surface area contributed by atoms with Gasteiger partial charge in [0.15, 0.2) is 5.76 Å². The summed E-state index contributed by atoms with van der Waals surface area (Å²) in [6.07, 6.45) is 3.59. The van der Waals surface area contributed by atoms with Crippen molar-refractivity contribution >= 4 is 11.6 Å². The lowest BCUT2D eigenvalue weighted by atomic mass is 10.2. The van der Waals surface area contributed by atoms with Crippen LogP contribution in [0.1, 0.15) is 21.9 Å². The number of carbonyl (C=O) groups excluding carboxylic acids is 1. The Labute approximate surface area is 184 Å². The molecule has 32 heavy (non-hydrogen) atoms. The van der Waals surface area contributed by atoms with E-state index in [2.05, 4.69) is 16.5 Å². The summed E-state index contributed by atoms with van der Waals surface area (Å²) in [5, 5.41) is 15.8. The molecule has 2 heterocycles. The first kappa shape index (κ1) is 20.8. The Hall–Kier alpha value is -4.51. The first-order chi connectivity index (χ1) is 15.7. The summed E-state index contributed by atoms with van der Waals surface area (Å²) in [6, 6.07) is 21.1. The standard InChI is InChI=1S/C24H20N4O4/c25-16-18-5-7-20(8-6-18)31-17-22-9-10-23(32-22)24(29)27-19-3-1-4-21(15-19)30-14-13-28-12-2-11-26-28/h1-12,15H,13-14,17H2,(H,27,29). The quantitative estimate of drug-likeness (QED) is 0.427. The van der Waals surface area contributed by atoms with Crippen molar-refractivity contribution in [2.24, 2.45) is 0 Å². The van der Waals surface area contributed by atoms with Crippen molar-refractivity contribution in [1.29, 1.82) is 5.26 Å². The normalized spacial score (nSPS) is 10.3. The van der Waals surface area contributed by atoms with Gasteiger partial charge in [0.25, 0.3) is 5.91 Å². The largest absolute Gasteiger partial charge is 0.492 e. The first-order valence-corrected chi connectivity index (χ1v) is 9.93. The number of ether oxygens (including phenoxy) is 2. The van der Waals surface area contributed by atoms with Crippen molar-refractivity contribution in [3.8, 4) is 17.6 Å². The summed E-state index contributed by atoms with van der Waals surface area (Å²) in [7, 11) is 0. The highest BCUT2D eigenvalue weighted by atomic mass is 16.5. The van der Waals surface area contributed by atoms with E-state index in [1.807, 2.05) is 18.3 Å². The van der Waals surface area contributed by atoms with Crippen LogP contribution in [0.3, 0.4) is 0 Å². The highest BCUT2D eigenvalue weighted by molar-refractivity contribution is 6.02. The number of nitrogens with zero attached hydrogens (tertiary/aromatic N) is 3. The Morgan fingerprint density at radius 1 is 1.06 bits per heavy atom. The molecule has 1 amide bonds. The van der Waals surface area contributed by atoms with Gasteiger partial charge in [0.1, 0.15) is 30.5 Å². The Balaban J connectivity index is 1.29. The molecule has 0 fully saturated rings. The third kappa shape index (κ3) is 5.55. The van der Waals surface area contributed by atoms with Crippen molar-refractivity contribution in [2.45, 2.75) is 13.2 Å². The van der Waals surface area contributed by atoms with Crippen molar-refractivity contribution < 1.29 is 18.7 Å². The average molecular weight is 428 g/mol. The topological polar surface area (TPSA) is 102 Å². The van der Waals surface area contributed by atoms with Crippen LogP contribution in [-0.4, -0.2) is 22.3 Å². The van der Waals surface area contributed by atoms with Gasteiger partial charge in [-0.3, -0.25) is 9.48 Å². The predicted octanol–water partition coefficient (Wildman–Crippen LogP) is 4.26. The summed E-state index contributed by atoms with van der Waals surface area (Å²) in [5.74, 6) is 1.56. The number of amides is 1. The monoisotopic (exact) mass is 428 g/mol. The number of anilines is 1. The van der Waals surface area contributed by atoms with E-state index in [0.717, 1.165) is 0 Å². The third-order valence-electron chi connectivity index (χ3n) is 4.49. The molecule has 0 spiro atoms. The molecule has 0 bridgehead atoms. The highest BCUT2D eigenvalue weighted by Gasteiger charge is 2.12. The van der Waals surface area contributed by atoms with Crippen molar-refractivity contribution in [2.75, 3.05) is 11.9 Å². The molecule has 1 N–H and O–H groups in total. The van der Waals surface area contributed by atoms with E-state index in [4.69, 9.17) is 19.2 Å². The zero-order valence-electron chi connectivity index (χ0n) is 17.1. The van der Waals surface area contributed by atoms with Crippen LogP contribution in [0.4, 0.5) is 5.69 Å². The lowest BCUT2D eigenvalue weighted by Gasteiger charge is -2.09. The van der Waals surface area contributed by atoms with Gasteiger partial charge in [0.2, 0.25) is 0 Å². The molecule has 0 saturated heterocycles. The molecule has 8 heteroatoms. The molecule has 2 aromatic carbocycles. The molecule has 8 nitrogen and oxygen atoms in total. The number of carbonyl (C=O) groups is 1. The number of nitriles is 1. The van der Waals surface area contributed by atoms with Gasteiger partial charge in [0.05, 0.1) is 18.2 Å². The zero-order valence-corrected chi connectivity index (χ0v) is 17.1. The fraction of sp³-hybridized carbons (Fsp3) is 0.125. The molecule has 4 rings (SSSR count). The van der Waals surface area contributed by atoms with E-state index in [0.29, 0.717) is 41.7 Å². The third-order valence-corrected chi connectivity index (χ3v) is 4.49. The lowest BCUT2D eigenvalue weighted by Crippen LogP contribution is -2.11. The van der Waals surface area contributed by atoms with Gasteiger partial charge in [-0.2, -0.15) is 10.4 Å². The molecule has 0 radical (unpaired) electrons. The second-order valence-electron chi connectivity index (χ2n) is 6.79. The molecular formula is C24H20N4O4. The van der Waals surface area contributed by atoms with Crippen LogP contribution in [0.5, 0.6) is 11.5 Å². The number of hydrogen-bond donors (Lipinski definition) is 1. The maximum Gasteiger partial charge on any atom is 0.291 e. The van der Waals surface area contributed by atoms with Gasteiger partial charge in [-0.1, -0.05) is 6.07 Å². The van der Waals surface area contributed by atoms with Crippen LogP contribution in [0.25, 0.3) is 0 Å². The van der Waals surface area contributed by atoms with E-state index >= 15 is 0 Å². The van der Waals surface area contributed by atoms with Crippen LogP contribution < -0.4 is 14.8 Å². The zero-order chi connectivity index (χ0) is 22.2. The second-order valence-corrected chi connectivity index (χ2v) is 6.79. The van der Waals surface area contributed by atoms with Crippen LogP contribution in [0, 0.1) is 11.3 Å². The van der Waals surface area contributed by atoms with Crippen molar-refractivity contribution in [3.05, 3.63) is 96.2 Å². The Kier molecular flexibility index (Phi) is 6.48.